The van der Waals surface area contributed by atoms with Crippen molar-refractivity contribution in [3.8, 4) is 57.5 Å². The van der Waals surface area contributed by atoms with Gasteiger partial charge in [0, 0.05) is 92.0 Å². The van der Waals surface area contributed by atoms with Gasteiger partial charge in [0.2, 0.25) is 0 Å². The number of benzene rings is 16. The van der Waals surface area contributed by atoms with E-state index in [9.17, 15) is 78.6 Å². The summed E-state index contributed by atoms with van der Waals surface area (Å²) in [6, 6.07) is 88.8. The largest absolute Gasteiger partial charge is 0.508 e. The minimum atomic E-state index is -0.909. The summed E-state index contributed by atoms with van der Waals surface area (Å²) in [5, 5.41) is 69.3. The maximum atomic E-state index is 14.1. The summed E-state index contributed by atoms with van der Waals surface area (Å²) in [5.41, 5.74) is 7.59. The van der Waals surface area contributed by atoms with Crippen LogP contribution in [0, 0.1) is 6.92 Å². The molecule has 18 rings (SSSR count). The zero-order valence-electron chi connectivity index (χ0n) is 77.1. The number of aryl methyl sites for hydroxylation is 1. The van der Waals surface area contributed by atoms with Crippen molar-refractivity contribution < 1.29 is 97.5 Å². The minimum absolute atomic E-state index is 0.00721. The minimum Gasteiger partial charge on any atom is -0.508 e. The van der Waals surface area contributed by atoms with Crippen LogP contribution < -0.4 is 19.3 Å². The lowest BCUT2D eigenvalue weighted by Crippen LogP contribution is -2.30. The zero-order chi connectivity index (χ0) is 98.5. The van der Waals surface area contributed by atoms with E-state index in [4.69, 9.17) is 18.9 Å². The van der Waals surface area contributed by atoms with Crippen molar-refractivity contribution in [2.45, 2.75) is 104 Å². The number of ether oxygens (including phenoxy) is 4. The van der Waals surface area contributed by atoms with E-state index >= 15 is 0 Å². The first-order valence-electron chi connectivity index (χ1n) is 45.3. The maximum Gasteiger partial charge on any atom is 0.338 e. The lowest BCUT2D eigenvalue weighted by Gasteiger charge is -2.28. The number of anilines is 2. The molecule has 22 nitrogen and oxygen atoms in total. The second-order valence-corrected chi connectivity index (χ2v) is 36.7. The summed E-state index contributed by atoms with van der Waals surface area (Å²) >= 11 is 0. The molecule has 2 aliphatic rings. The first kappa shape index (κ1) is 92.8. The van der Waals surface area contributed by atoms with Crippen molar-refractivity contribution >= 4 is 91.6 Å². The Labute approximate surface area is 804 Å². The van der Waals surface area contributed by atoms with Crippen LogP contribution in [0.25, 0.3) is 21.5 Å². The van der Waals surface area contributed by atoms with E-state index in [1.165, 1.54) is 60.7 Å². The highest BCUT2D eigenvalue weighted by atomic mass is 16.5. The van der Waals surface area contributed by atoms with E-state index in [0.29, 0.717) is 89.9 Å². The summed E-state index contributed by atoms with van der Waals surface area (Å²) in [6.45, 7) is 13.2. The predicted molar refractivity (Wildman–Crippen MR) is 529 cm³/mol. The SMILES string of the molecule is Cc1ccc(C(C)(C)c2cccc(N3C(=O)c4ccc(C(=O)OCc5cc6ccccc6cc5O)cc4C3=O)c2)cc1CC(=O)c1ccc(Oc2ccc(C(=O)Cc3cc(C(C)(C)c4ccc(O)c(CC(=O)c5ccc(Oc6ccc(C(=O)Cc7cc(C(C)(C)c8ccc(O)c(N9C(=O)c%10ccc(C(=O)OCc%11cc%12ccccc%12cc%11O)cc%10C9=O)c8)ccc7O)cc6)cc5)c4)ccc3O)cc2)cc1. The molecule has 4 amide bonds. The number of ketones is 4. The van der Waals surface area contributed by atoms with Gasteiger partial charge in [0.25, 0.3) is 23.6 Å². The number of aromatic hydroxyl groups is 6. The molecule has 0 saturated heterocycles. The van der Waals surface area contributed by atoms with Gasteiger partial charge in [-0.3, -0.25) is 38.4 Å². The van der Waals surface area contributed by atoms with E-state index < -0.39 is 51.8 Å². The Kier molecular flexibility index (Phi) is 24.9. The van der Waals surface area contributed by atoms with Gasteiger partial charge in [-0.15, -0.1) is 0 Å². The van der Waals surface area contributed by atoms with Crippen molar-refractivity contribution in [2.24, 2.45) is 0 Å². The van der Waals surface area contributed by atoms with Gasteiger partial charge in [0.05, 0.1) is 44.8 Å². The van der Waals surface area contributed by atoms with Crippen LogP contribution in [-0.4, -0.2) is 89.3 Å². The molecule has 0 bridgehead atoms. The molecular weight excluding hydrogens is 1770 g/mol. The van der Waals surface area contributed by atoms with Crippen LogP contribution >= 0.6 is 0 Å². The summed E-state index contributed by atoms with van der Waals surface area (Å²) in [5.74, 6) is -4.21. The second-order valence-electron chi connectivity index (χ2n) is 36.7. The molecule has 0 atom stereocenters. The molecule has 0 unspecified atom stereocenters. The number of hydrogen-bond acceptors (Lipinski definition) is 20. The van der Waals surface area contributed by atoms with Gasteiger partial charge in [-0.05, 0) is 273 Å². The summed E-state index contributed by atoms with van der Waals surface area (Å²) in [6.07, 6.45) is -0.394. The van der Waals surface area contributed by atoms with Crippen molar-refractivity contribution in [1.29, 1.82) is 0 Å². The highest BCUT2D eigenvalue weighted by molar-refractivity contribution is 6.36. The van der Waals surface area contributed by atoms with Crippen molar-refractivity contribution in [2.75, 3.05) is 9.80 Å². The van der Waals surface area contributed by atoms with Crippen LogP contribution in [0.4, 0.5) is 11.4 Å². The van der Waals surface area contributed by atoms with Gasteiger partial charge in [-0.1, -0.05) is 163 Å². The first-order chi connectivity index (χ1) is 67.1. The van der Waals surface area contributed by atoms with Crippen LogP contribution in [0.15, 0.2) is 322 Å². The van der Waals surface area contributed by atoms with Gasteiger partial charge in [-0.2, -0.15) is 0 Å². The zero-order valence-corrected chi connectivity index (χ0v) is 77.1. The topological polar surface area (TPSA) is 335 Å². The number of carbonyl (C=O) groups excluding carboxylic acids is 10. The molecule has 6 N–H and O–H groups in total. The van der Waals surface area contributed by atoms with Crippen LogP contribution in [0.3, 0.4) is 0 Å². The number of hydrogen-bond donors (Lipinski definition) is 6. The third-order valence-corrected chi connectivity index (χ3v) is 26.7. The van der Waals surface area contributed by atoms with Gasteiger partial charge in [0.1, 0.15) is 70.7 Å². The number of amides is 4. The van der Waals surface area contributed by atoms with Gasteiger partial charge in [0.15, 0.2) is 23.1 Å². The van der Waals surface area contributed by atoms with E-state index in [2.05, 4.69) is 0 Å². The average molecular weight is 1860 g/mol. The van der Waals surface area contributed by atoms with Crippen molar-refractivity contribution in [3.63, 3.8) is 0 Å². The van der Waals surface area contributed by atoms with Crippen molar-refractivity contribution in [1.82, 2.24) is 0 Å². The Morgan fingerprint density at radius 2 is 0.571 bits per heavy atom. The normalized spacial score (nSPS) is 12.5. The Bertz CT molecular complexity index is 7820. The molecule has 0 spiro atoms. The van der Waals surface area contributed by atoms with E-state index in [-0.39, 0.29) is 136 Å². The van der Waals surface area contributed by atoms with Gasteiger partial charge < -0.3 is 49.6 Å². The molecule has 2 aliphatic heterocycles. The Morgan fingerprint density at radius 1 is 0.264 bits per heavy atom. The molecule has 0 saturated carbocycles. The quantitative estimate of drug-likeness (QED) is 0.0138. The molecule has 0 fully saturated rings. The molecule has 694 valence electrons. The summed E-state index contributed by atoms with van der Waals surface area (Å²) in [7, 11) is 0. The lowest BCUT2D eigenvalue weighted by molar-refractivity contribution is 0.0461. The average Bonchev–Trinajstić information content (AvgIpc) is 1.58. The first-order valence-corrected chi connectivity index (χ1v) is 45.3. The summed E-state index contributed by atoms with van der Waals surface area (Å²) < 4.78 is 23.4. The molecule has 0 radical (unpaired) electrons. The highest BCUT2D eigenvalue weighted by Crippen LogP contribution is 2.45. The molecular formula is C118H92N2O20. The number of phenolic OH excluding ortho intramolecular Hbond substituents is 6. The lowest BCUT2D eigenvalue weighted by atomic mass is 9.76. The second kappa shape index (κ2) is 37.5. The molecule has 16 aromatic rings. The standard InChI is InChI=1S/C118H92N2O20/c1-67-19-30-85(116(2,3)84-17-12-18-90(63-84)119-110(131)95-43-28-76(55-97(95)112(119)133)114(135)137-65-82-49-72-13-8-10-15-74(72)57-108(82)129)51-78(67)59-104(125)68-20-35-91(36-21-68)139-92-37-22-69(23-38-92)105(126)60-79-52-86(31-45-100(79)121)117(4,5)87-32-46-101(122)80(53-87)61-106(127)70-24-39-93(40-25-70)140-94-41-26-71(27-42-94)107(128)62-81-54-88(33-47-102(81)123)118(6,7)89-34-48-103(124)99(64-89)120-111(132)96-44-29-77(56-98(96)113(120)134)115(136)138-66-83-50-73-14-9-11-16-75(73)58-109(83)130/h8-58,63-64,121-124,129-130H,59-62,65-66H2,1-7H3. The predicted octanol–water partition coefficient (Wildman–Crippen LogP) is 23.1. The molecule has 22 heteroatoms. The molecule has 2 heterocycles. The van der Waals surface area contributed by atoms with Crippen LogP contribution in [0.5, 0.6) is 57.5 Å². The Morgan fingerprint density at radius 3 is 0.957 bits per heavy atom. The molecule has 16 aromatic carbocycles. The fraction of sp³-hybridized carbons (Fsp3) is 0.136. The van der Waals surface area contributed by atoms with E-state index in [0.717, 1.165) is 64.7 Å². The molecule has 0 aromatic heterocycles. The molecule has 140 heavy (non-hydrogen) atoms. The number of imide groups is 2. The van der Waals surface area contributed by atoms with E-state index in [1.807, 2.05) is 121 Å². The Hall–Kier alpha value is -17.7. The number of esters is 2. The van der Waals surface area contributed by atoms with Crippen LogP contribution in [0.2, 0.25) is 0 Å². The number of rotatable bonds is 30. The highest BCUT2D eigenvalue weighted by Gasteiger charge is 2.42. The van der Waals surface area contributed by atoms with Crippen LogP contribution in [0.1, 0.15) is 217 Å². The summed E-state index contributed by atoms with van der Waals surface area (Å²) in [4.78, 5) is 141. The fourth-order valence-electron chi connectivity index (χ4n) is 17.9. The third kappa shape index (κ3) is 18.6. The van der Waals surface area contributed by atoms with Gasteiger partial charge in [-0.25, -0.2) is 19.4 Å². The van der Waals surface area contributed by atoms with Gasteiger partial charge >= 0.3 is 11.9 Å². The number of nitrogens with zero attached hydrogens (tertiary/aromatic N) is 2. The Balaban J connectivity index is 0.452. The maximum absolute atomic E-state index is 14.1. The number of Topliss-reactive ketones (excluding diaryl/α,β-unsaturated/α-hetero) is 4. The van der Waals surface area contributed by atoms with E-state index in [1.54, 1.807) is 188 Å². The fourth-order valence-corrected chi connectivity index (χ4v) is 17.9. The smallest absolute Gasteiger partial charge is 0.338 e. The number of phenols is 6. The van der Waals surface area contributed by atoms with Crippen LogP contribution in [-0.2, 0) is 64.6 Å². The number of fused-ring (bicyclic) bond motifs is 4. The molecule has 0 aliphatic carbocycles. The van der Waals surface area contributed by atoms with Crippen molar-refractivity contribution in [3.05, 3.63) is 449 Å². The number of carbonyl (C=O) groups is 10. The monoisotopic (exact) mass is 1860 g/mol. The third-order valence-electron chi connectivity index (χ3n) is 26.7.